The SMILES string of the molecule is CCCOc1cc(N(CC)C2CNC2)ccc1[N+](=O)[O-]. The fraction of sp³-hybridized carbons (Fsp3) is 0.571. The van der Waals surface area contributed by atoms with Crippen LogP contribution in [-0.4, -0.2) is 37.2 Å². The summed E-state index contributed by atoms with van der Waals surface area (Å²) in [5.74, 6) is 0.361. The second-order valence-corrected chi connectivity index (χ2v) is 4.86. The van der Waals surface area contributed by atoms with E-state index >= 15 is 0 Å². The number of likely N-dealkylation sites (N-methyl/N-ethyl adjacent to an activating group) is 1. The summed E-state index contributed by atoms with van der Waals surface area (Å²) in [7, 11) is 0. The van der Waals surface area contributed by atoms with Gasteiger partial charge >= 0.3 is 5.69 Å². The van der Waals surface area contributed by atoms with Gasteiger partial charge in [0.15, 0.2) is 5.75 Å². The molecule has 0 aromatic heterocycles. The number of hydrogen-bond acceptors (Lipinski definition) is 5. The Morgan fingerprint density at radius 3 is 2.70 bits per heavy atom. The summed E-state index contributed by atoms with van der Waals surface area (Å²) in [4.78, 5) is 12.9. The first-order valence-corrected chi connectivity index (χ1v) is 7.06. The highest BCUT2D eigenvalue weighted by molar-refractivity contribution is 5.60. The summed E-state index contributed by atoms with van der Waals surface area (Å²) in [6.45, 7) is 7.34. The summed E-state index contributed by atoms with van der Waals surface area (Å²) in [5, 5.41) is 14.3. The summed E-state index contributed by atoms with van der Waals surface area (Å²) in [6, 6.07) is 5.59. The van der Waals surface area contributed by atoms with Crippen LogP contribution in [0, 0.1) is 10.1 Å². The fourth-order valence-electron chi connectivity index (χ4n) is 2.31. The van der Waals surface area contributed by atoms with Gasteiger partial charge in [0, 0.05) is 37.5 Å². The standard InChI is InChI=1S/C14H21N3O3/c1-3-7-20-14-8-11(5-6-13(14)17(18)19)16(4-2)12-9-15-10-12/h5-6,8,12,15H,3-4,7,9-10H2,1-2H3. The maximum Gasteiger partial charge on any atom is 0.311 e. The Hall–Kier alpha value is -1.82. The zero-order valence-corrected chi connectivity index (χ0v) is 12.0. The van der Waals surface area contributed by atoms with Crippen molar-refractivity contribution in [2.24, 2.45) is 0 Å². The van der Waals surface area contributed by atoms with Gasteiger partial charge in [0.1, 0.15) is 0 Å². The number of hydrogen-bond donors (Lipinski definition) is 1. The third-order valence-electron chi connectivity index (χ3n) is 3.47. The number of nitrogens with one attached hydrogen (secondary N) is 1. The van der Waals surface area contributed by atoms with Gasteiger partial charge in [-0.3, -0.25) is 10.1 Å². The zero-order chi connectivity index (χ0) is 14.5. The van der Waals surface area contributed by atoms with Crippen molar-refractivity contribution in [1.82, 2.24) is 5.32 Å². The smallest absolute Gasteiger partial charge is 0.311 e. The molecule has 6 nitrogen and oxygen atoms in total. The van der Waals surface area contributed by atoms with Gasteiger partial charge in [-0.2, -0.15) is 0 Å². The van der Waals surface area contributed by atoms with Crippen molar-refractivity contribution in [1.29, 1.82) is 0 Å². The first-order valence-electron chi connectivity index (χ1n) is 7.06. The molecule has 0 saturated carbocycles. The van der Waals surface area contributed by atoms with E-state index in [1.807, 2.05) is 6.92 Å². The van der Waals surface area contributed by atoms with Gasteiger partial charge < -0.3 is 15.0 Å². The third kappa shape index (κ3) is 3.01. The molecule has 1 aromatic rings. The van der Waals surface area contributed by atoms with E-state index in [0.717, 1.165) is 31.7 Å². The number of anilines is 1. The first kappa shape index (κ1) is 14.6. The van der Waals surface area contributed by atoms with Crippen LogP contribution in [0.1, 0.15) is 20.3 Å². The normalized spacial score (nSPS) is 14.7. The van der Waals surface area contributed by atoms with Crippen molar-refractivity contribution in [3.63, 3.8) is 0 Å². The Kier molecular flexibility index (Phi) is 4.79. The lowest BCUT2D eigenvalue weighted by atomic mass is 10.1. The van der Waals surface area contributed by atoms with E-state index in [4.69, 9.17) is 4.74 Å². The predicted molar refractivity (Wildman–Crippen MR) is 78.6 cm³/mol. The molecule has 110 valence electrons. The lowest BCUT2D eigenvalue weighted by Gasteiger charge is -2.39. The van der Waals surface area contributed by atoms with Gasteiger partial charge in [0.05, 0.1) is 17.6 Å². The van der Waals surface area contributed by atoms with Crippen molar-refractivity contribution < 1.29 is 9.66 Å². The van der Waals surface area contributed by atoms with Crippen LogP contribution in [-0.2, 0) is 0 Å². The highest BCUT2D eigenvalue weighted by Gasteiger charge is 2.25. The van der Waals surface area contributed by atoms with E-state index in [-0.39, 0.29) is 5.69 Å². The molecule has 1 N–H and O–H groups in total. The molecule has 1 aromatic carbocycles. The molecule has 1 aliphatic rings. The van der Waals surface area contributed by atoms with Gasteiger partial charge in [-0.1, -0.05) is 6.92 Å². The highest BCUT2D eigenvalue weighted by Crippen LogP contribution is 2.32. The zero-order valence-electron chi connectivity index (χ0n) is 12.0. The minimum Gasteiger partial charge on any atom is -0.487 e. The van der Waals surface area contributed by atoms with Gasteiger partial charge in [0.25, 0.3) is 0 Å². The molecule has 0 radical (unpaired) electrons. The van der Waals surface area contributed by atoms with Gasteiger partial charge in [-0.05, 0) is 19.4 Å². The quantitative estimate of drug-likeness (QED) is 0.612. The molecular weight excluding hydrogens is 258 g/mol. The number of benzene rings is 1. The molecule has 0 amide bonds. The molecule has 2 rings (SSSR count). The van der Waals surface area contributed by atoms with Crippen molar-refractivity contribution in [2.75, 3.05) is 31.1 Å². The largest absolute Gasteiger partial charge is 0.487 e. The Balaban J connectivity index is 2.27. The topological polar surface area (TPSA) is 67.6 Å². The predicted octanol–water partition coefficient (Wildman–Crippen LogP) is 2.18. The monoisotopic (exact) mass is 279 g/mol. The second-order valence-electron chi connectivity index (χ2n) is 4.86. The van der Waals surface area contributed by atoms with Crippen LogP contribution in [0.15, 0.2) is 18.2 Å². The van der Waals surface area contributed by atoms with Crippen molar-refractivity contribution in [3.8, 4) is 5.75 Å². The van der Waals surface area contributed by atoms with Crippen molar-refractivity contribution >= 4 is 11.4 Å². The lowest BCUT2D eigenvalue weighted by Crippen LogP contribution is -2.57. The molecule has 1 fully saturated rings. The maximum absolute atomic E-state index is 11.0. The summed E-state index contributed by atoms with van der Waals surface area (Å²) >= 11 is 0. The van der Waals surface area contributed by atoms with Gasteiger partial charge in [0.2, 0.25) is 0 Å². The van der Waals surface area contributed by atoms with E-state index < -0.39 is 4.92 Å². The Labute approximate surface area is 118 Å². The lowest BCUT2D eigenvalue weighted by molar-refractivity contribution is -0.385. The van der Waals surface area contributed by atoms with Crippen LogP contribution in [0.2, 0.25) is 0 Å². The Morgan fingerprint density at radius 1 is 1.45 bits per heavy atom. The molecule has 0 unspecified atom stereocenters. The number of nitro groups is 1. The van der Waals surface area contributed by atoms with Crippen LogP contribution in [0.5, 0.6) is 5.75 Å². The highest BCUT2D eigenvalue weighted by atomic mass is 16.6. The minimum absolute atomic E-state index is 0.0324. The fourth-order valence-corrected chi connectivity index (χ4v) is 2.31. The number of rotatable bonds is 7. The van der Waals surface area contributed by atoms with Crippen LogP contribution in [0.4, 0.5) is 11.4 Å². The average Bonchev–Trinajstić information content (AvgIpc) is 2.39. The first-order chi connectivity index (χ1) is 9.67. The van der Waals surface area contributed by atoms with Crippen LogP contribution >= 0.6 is 0 Å². The minimum atomic E-state index is -0.393. The Bertz CT molecular complexity index is 475. The summed E-state index contributed by atoms with van der Waals surface area (Å²) in [5.41, 5.74) is 1.01. The molecule has 0 aliphatic carbocycles. The molecule has 1 aliphatic heterocycles. The molecule has 0 atom stereocenters. The molecule has 0 bridgehead atoms. The average molecular weight is 279 g/mol. The second kappa shape index (κ2) is 6.56. The summed E-state index contributed by atoms with van der Waals surface area (Å²) in [6.07, 6.45) is 0.825. The maximum atomic E-state index is 11.0. The number of nitrogens with zero attached hydrogens (tertiary/aromatic N) is 2. The molecule has 0 spiro atoms. The number of nitro benzene ring substituents is 1. The Morgan fingerprint density at radius 2 is 2.20 bits per heavy atom. The van der Waals surface area contributed by atoms with Gasteiger partial charge in [-0.25, -0.2) is 0 Å². The number of ether oxygens (including phenoxy) is 1. The van der Waals surface area contributed by atoms with Crippen molar-refractivity contribution in [2.45, 2.75) is 26.3 Å². The van der Waals surface area contributed by atoms with E-state index in [1.165, 1.54) is 6.07 Å². The van der Waals surface area contributed by atoms with Crippen LogP contribution in [0.25, 0.3) is 0 Å². The third-order valence-corrected chi connectivity index (χ3v) is 3.47. The molecule has 6 heteroatoms. The van der Waals surface area contributed by atoms with E-state index in [9.17, 15) is 10.1 Å². The molecular formula is C14H21N3O3. The van der Waals surface area contributed by atoms with E-state index in [0.29, 0.717) is 18.4 Å². The molecule has 1 saturated heterocycles. The van der Waals surface area contributed by atoms with Crippen LogP contribution < -0.4 is 15.0 Å². The van der Waals surface area contributed by atoms with Crippen LogP contribution in [0.3, 0.4) is 0 Å². The summed E-state index contributed by atoms with van der Waals surface area (Å²) < 4.78 is 5.53. The van der Waals surface area contributed by atoms with Crippen molar-refractivity contribution in [3.05, 3.63) is 28.3 Å². The van der Waals surface area contributed by atoms with E-state index in [2.05, 4.69) is 17.1 Å². The van der Waals surface area contributed by atoms with Gasteiger partial charge in [-0.15, -0.1) is 0 Å². The molecule has 20 heavy (non-hydrogen) atoms. The molecule has 1 heterocycles. The van der Waals surface area contributed by atoms with E-state index in [1.54, 1.807) is 12.1 Å².